The van der Waals surface area contributed by atoms with E-state index in [0.717, 1.165) is 14.9 Å². The number of rotatable bonds is 4. The number of urea groups is 1. The summed E-state index contributed by atoms with van der Waals surface area (Å²) in [4.78, 5) is 50.1. The van der Waals surface area contributed by atoms with Gasteiger partial charge in [-0.05, 0) is 42.8 Å². The van der Waals surface area contributed by atoms with Gasteiger partial charge in [-0.3, -0.25) is 19.7 Å². The van der Waals surface area contributed by atoms with Gasteiger partial charge in [0.15, 0.2) is 0 Å². The second-order valence-corrected chi connectivity index (χ2v) is 7.87. The smallest absolute Gasteiger partial charge is 0.335 e. The third-order valence-electron chi connectivity index (χ3n) is 4.93. The summed E-state index contributed by atoms with van der Waals surface area (Å²) in [7, 11) is 0. The summed E-state index contributed by atoms with van der Waals surface area (Å²) in [6.07, 6.45) is 2.94. The summed E-state index contributed by atoms with van der Waals surface area (Å²) in [5.41, 5.74) is 2.07. The highest BCUT2D eigenvalue weighted by Crippen LogP contribution is 2.28. The minimum absolute atomic E-state index is 0.224. The molecular weight excluding hydrogens is 466 g/mol. The number of barbiturate groups is 1. The van der Waals surface area contributed by atoms with Crippen LogP contribution in [0.15, 0.2) is 58.7 Å². The number of nitrogens with zero attached hydrogens (tertiary/aromatic N) is 2. The van der Waals surface area contributed by atoms with Crippen molar-refractivity contribution in [3.8, 4) is 0 Å². The first-order valence-corrected chi connectivity index (χ1v) is 10.0. The Morgan fingerprint density at radius 2 is 1.90 bits per heavy atom. The van der Waals surface area contributed by atoms with Gasteiger partial charge in [0.2, 0.25) is 0 Å². The molecule has 0 radical (unpaired) electrons. The number of fused-ring (bicyclic) bond motifs is 1. The number of anilines is 1. The van der Waals surface area contributed by atoms with Crippen molar-refractivity contribution in [2.24, 2.45) is 0 Å². The minimum Gasteiger partial charge on any atom is -0.480 e. The van der Waals surface area contributed by atoms with Crippen molar-refractivity contribution in [3.63, 3.8) is 0 Å². The lowest BCUT2D eigenvalue weighted by atomic mass is 10.1. The second kappa shape index (κ2) is 7.84. The highest BCUT2D eigenvalue weighted by Gasteiger charge is 2.37. The molecule has 1 aliphatic rings. The zero-order valence-corrected chi connectivity index (χ0v) is 17.8. The van der Waals surface area contributed by atoms with Crippen LogP contribution in [0.25, 0.3) is 17.0 Å². The van der Waals surface area contributed by atoms with Gasteiger partial charge in [-0.2, -0.15) is 0 Å². The molecule has 156 valence electrons. The van der Waals surface area contributed by atoms with Crippen molar-refractivity contribution in [1.82, 2.24) is 9.88 Å². The Labute approximate surface area is 184 Å². The van der Waals surface area contributed by atoms with Crippen LogP contribution in [0, 0.1) is 6.92 Å². The molecule has 0 spiro atoms. The maximum atomic E-state index is 13.1. The van der Waals surface area contributed by atoms with Crippen LogP contribution in [0.1, 0.15) is 11.1 Å². The molecule has 0 bridgehead atoms. The Kier molecular flexibility index (Phi) is 5.20. The maximum Gasteiger partial charge on any atom is 0.335 e. The molecule has 31 heavy (non-hydrogen) atoms. The molecule has 1 aliphatic heterocycles. The molecule has 4 rings (SSSR count). The van der Waals surface area contributed by atoms with Crippen LogP contribution in [0.4, 0.5) is 10.5 Å². The van der Waals surface area contributed by atoms with E-state index in [-0.39, 0.29) is 12.1 Å². The number of hydrogen-bond donors (Lipinski definition) is 2. The molecule has 3 aromatic rings. The number of halogens is 1. The highest BCUT2D eigenvalue weighted by atomic mass is 79.9. The van der Waals surface area contributed by atoms with E-state index in [1.807, 2.05) is 6.92 Å². The standard InChI is InChI=1S/C22H16BrN3O5/c1-12-8-14(6-7-17(12)23)26-21(30)16(20(29)24-22(26)31)9-13-10-25(11-19(27)28)18-5-3-2-4-15(13)18/h2-10H,11H2,1H3,(H,27,28)(H,24,29,31). The van der Waals surface area contributed by atoms with Gasteiger partial charge in [-0.1, -0.05) is 34.1 Å². The highest BCUT2D eigenvalue weighted by molar-refractivity contribution is 9.10. The van der Waals surface area contributed by atoms with Crippen LogP contribution in [0.2, 0.25) is 0 Å². The number of amides is 4. The van der Waals surface area contributed by atoms with E-state index in [4.69, 9.17) is 0 Å². The summed E-state index contributed by atoms with van der Waals surface area (Å²) < 4.78 is 2.34. The zero-order valence-electron chi connectivity index (χ0n) is 16.3. The van der Waals surface area contributed by atoms with Gasteiger partial charge in [-0.25, -0.2) is 9.69 Å². The van der Waals surface area contributed by atoms with Gasteiger partial charge < -0.3 is 9.67 Å². The van der Waals surface area contributed by atoms with Crippen molar-refractivity contribution in [2.45, 2.75) is 13.5 Å². The number of carboxylic acids is 1. The zero-order chi connectivity index (χ0) is 22.3. The van der Waals surface area contributed by atoms with Crippen molar-refractivity contribution >= 4 is 62.4 Å². The number of aliphatic carboxylic acids is 1. The van der Waals surface area contributed by atoms with Gasteiger partial charge >= 0.3 is 12.0 Å². The van der Waals surface area contributed by atoms with Crippen LogP contribution in [-0.2, 0) is 20.9 Å². The summed E-state index contributed by atoms with van der Waals surface area (Å²) >= 11 is 3.38. The van der Waals surface area contributed by atoms with Gasteiger partial charge in [0.25, 0.3) is 11.8 Å². The number of aryl methyl sites for hydroxylation is 1. The quantitative estimate of drug-likeness (QED) is 0.438. The number of carbonyl (C=O) groups is 4. The summed E-state index contributed by atoms with van der Waals surface area (Å²) in [5, 5.41) is 12.0. The van der Waals surface area contributed by atoms with Crippen LogP contribution >= 0.6 is 15.9 Å². The molecule has 4 amide bonds. The molecular formula is C22H16BrN3O5. The molecule has 1 aromatic heterocycles. The van der Waals surface area contributed by atoms with Crippen LogP contribution in [0.5, 0.6) is 0 Å². The number of aromatic nitrogens is 1. The minimum atomic E-state index is -1.02. The van der Waals surface area contributed by atoms with E-state index >= 15 is 0 Å². The Balaban J connectivity index is 1.81. The number of imide groups is 2. The van der Waals surface area contributed by atoms with Gasteiger partial charge in [0.05, 0.1) is 5.69 Å². The van der Waals surface area contributed by atoms with Crippen molar-refractivity contribution in [3.05, 3.63) is 69.8 Å². The molecule has 9 heteroatoms. The van der Waals surface area contributed by atoms with Crippen molar-refractivity contribution in [1.29, 1.82) is 0 Å². The van der Waals surface area contributed by atoms with Crippen LogP contribution in [0.3, 0.4) is 0 Å². The van der Waals surface area contributed by atoms with Crippen LogP contribution < -0.4 is 10.2 Å². The van der Waals surface area contributed by atoms with Crippen molar-refractivity contribution in [2.75, 3.05) is 4.90 Å². The Morgan fingerprint density at radius 1 is 1.16 bits per heavy atom. The molecule has 8 nitrogen and oxygen atoms in total. The van der Waals surface area contributed by atoms with E-state index in [0.29, 0.717) is 22.2 Å². The number of para-hydroxylation sites is 1. The fraction of sp³-hybridized carbons (Fsp3) is 0.0909. The first kappa shape index (κ1) is 20.5. The molecule has 0 atom stereocenters. The SMILES string of the molecule is Cc1cc(N2C(=O)NC(=O)C(=Cc3cn(CC(=O)O)c4ccccc34)C2=O)ccc1Br. The lowest BCUT2D eigenvalue weighted by Crippen LogP contribution is -2.54. The van der Waals surface area contributed by atoms with E-state index < -0.39 is 23.8 Å². The van der Waals surface area contributed by atoms with E-state index in [9.17, 15) is 24.3 Å². The molecule has 0 aliphatic carbocycles. The summed E-state index contributed by atoms with van der Waals surface area (Å²) in [5.74, 6) is -2.59. The Bertz CT molecular complexity index is 1310. The molecule has 2 N–H and O–H groups in total. The Morgan fingerprint density at radius 3 is 2.61 bits per heavy atom. The van der Waals surface area contributed by atoms with Gasteiger partial charge in [0, 0.05) is 27.1 Å². The monoisotopic (exact) mass is 481 g/mol. The van der Waals surface area contributed by atoms with Gasteiger partial charge in [-0.15, -0.1) is 0 Å². The molecule has 0 saturated carbocycles. The summed E-state index contributed by atoms with van der Waals surface area (Å²) in [6, 6.07) is 11.2. The van der Waals surface area contributed by atoms with Crippen molar-refractivity contribution < 1.29 is 24.3 Å². The number of carboxylic acid groups (broad SMARTS) is 1. The maximum absolute atomic E-state index is 13.1. The first-order valence-electron chi connectivity index (χ1n) is 9.23. The molecule has 0 unspecified atom stereocenters. The van der Waals surface area contributed by atoms with E-state index in [1.165, 1.54) is 10.6 Å². The normalized spacial score (nSPS) is 15.6. The average Bonchev–Trinajstić information content (AvgIpc) is 3.04. The van der Waals surface area contributed by atoms with Crippen LogP contribution in [-0.4, -0.2) is 33.5 Å². The first-order chi connectivity index (χ1) is 14.8. The average molecular weight is 482 g/mol. The molecule has 1 fully saturated rings. The molecule has 1 saturated heterocycles. The molecule has 2 aromatic carbocycles. The number of benzene rings is 2. The predicted octanol–water partition coefficient (Wildman–Crippen LogP) is 3.46. The third-order valence-corrected chi connectivity index (χ3v) is 5.82. The largest absolute Gasteiger partial charge is 0.480 e. The third kappa shape index (κ3) is 3.75. The number of carbonyl (C=O) groups excluding carboxylic acids is 3. The van der Waals surface area contributed by atoms with E-state index in [2.05, 4.69) is 21.2 Å². The molecule has 2 heterocycles. The van der Waals surface area contributed by atoms with E-state index in [1.54, 1.807) is 48.7 Å². The second-order valence-electron chi connectivity index (χ2n) is 7.01. The topological polar surface area (TPSA) is 109 Å². The fourth-order valence-electron chi connectivity index (χ4n) is 3.48. The predicted molar refractivity (Wildman–Crippen MR) is 117 cm³/mol. The number of hydrogen-bond acceptors (Lipinski definition) is 4. The summed E-state index contributed by atoms with van der Waals surface area (Å²) in [6.45, 7) is 1.55. The van der Waals surface area contributed by atoms with Gasteiger partial charge in [0.1, 0.15) is 12.1 Å². The fourth-order valence-corrected chi connectivity index (χ4v) is 3.73. The lowest BCUT2D eigenvalue weighted by Gasteiger charge is -2.26. The lowest BCUT2D eigenvalue weighted by molar-refractivity contribution is -0.137. The Hall–Kier alpha value is -3.72. The number of nitrogens with one attached hydrogen (secondary N) is 1.